The van der Waals surface area contributed by atoms with Gasteiger partial charge in [0.2, 0.25) is 0 Å². The fourth-order valence-electron chi connectivity index (χ4n) is 1.73. The largest absolute Gasteiger partial charge is 0.313 e. The van der Waals surface area contributed by atoms with Gasteiger partial charge in [0.25, 0.3) is 0 Å². The second-order valence-corrected chi connectivity index (χ2v) is 5.55. The maximum atomic E-state index is 4.31. The molecule has 0 radical (unpaired) electrons. The molecular weight excluding hydrogens is 254 g/mol. The van der Waals surface area contributed by atoms with E-state index in [4.69, 9.17) is 0 Å². The molecule has 0 fully saturated rings. The Balaban J connectivity index is 2.09. The van der Waals surface area contributed by atoms with E-state index in [1.165, 1.54) is 16.0 Å². The van der Waals surface area contributed by atoms with E-state index in [-0.39, 0.29) is 0 Å². The van der Waals surface area contributed by atoms with Crippen molar-refractivity contribution in [3.8, 4) is 0 Å². The summed E-state index contributed by atoms with van der Waals surface area (Å²) in [4.78, 5) is 9.81. The van der Waals surface area contributed by atoms with E-state index < -0.39 is 0 Å². The number of hydrogen-bond acceptors (Lipinski definition) is 4. The number of hydrogen-bond donors (Lipinski definition) is 1. The summed E-state index contributed by atoms with van der Waals surface area (Å²) in [7, 11) is 0. The first-order chi connectivity index (χ1) is 9.19. The van der Waals surface area contributed by atoms with Crippen LogP contribution >= 0.6 is 11.8 Å². The van der Waals surface area contributed by atoms with Gasteiger partial charge in [-0.05, 0) is 61.0 Å². The van der Waals surface area contributed by atoms with E-state index >= 15 is 0 Å². The zero-order chi connectivity index (χ0) is 13.7. The van der Waals surface area contributed by atoms with Crippen LogP contribution in [0.4, 0.5) is 0 Å². The monoisotopic (exact) mass is 273 g/mol. The molecule has 3 nitrogen and oxygen atoms in total. The summed E-state index contributed by atoms with van der Waals surface area (Å²) < 4.78 is 0. The number of aromatic nitrogens is 2. The van der Waals surface area contributed by atoms with Crippen LogP contribution in [0.25, 0.3) is 0 Å². The molecule has 1 aromatic carbocycles. The second kappa shape index (κ2) is 6.68. The summed E-state index contributed by atoms with van der Waals surface area (Å²) in [6.45, 7) is 8.18. The van der Waals surface area contributed by atoms with E-state index in [2.05, 4.69) is 47.3 Å². The van der Waals surface area contributed by atoms with E-state index in [1.54, 1.807) is 11.8 Å². The van der Waals surface area contributed by atoms with Crippen LogP contribution in [-0.2, 0) is 6.54 Å². The SMILES string of the molecule is CCNCc1ccc(Sc2ncc(C)cn2)cc1C. The third-order valence-electron chi connectivity index (χ3n) is 2.85. The Hall–Kier alpha value is -1.39. The lowest BCUT2D eigenvalue weighted by molar-refractivity contribution is 0.723. The zero-order valence-corrected chi connectivity index (χ0v) is 12.4. The molecule has 0 amide bonds. The van der Waals surface area contributed by atoms with Crippen molar-refractivity contribution < 1.29 is 0 Å². The Morgan fingerprint density at radius 3 is 2.53 bits per heavy atom. The van der Waals surface area contributed by atoms with Crippen molar-refractivity contribution in [2.45, 2.75) is 37.4 Å². The normalized spacial score (nSPS) is 10.7. The van der Waals surface area contributed by atoms with Gasteiger partial charge in [-0.1, -0.05) is 13.0 Å². The maximum Gasteiger partial charge on any atom is 0.192 e. The molecule has 0 aliphatic heterocycles. The smallest absolute Gasteiger partial charge is 0.192 e. The summed E-state index contributed by atoms with van der Waals surface area (Å²) in [5, 5.41) is 4.15. The number of nitrogens with zero attached hydrogens (tertiary/aromatic N) is 2. The molecule has 0 bridgehead atoms. The third-order valence-corrected chi connectivity index (χ3v) is 3.73. The number of rotatable bonds is 5. The molecule has 0 aliphatic carbocycles. The molecule has 100 valence electrons. The molecule has 0 spiro atoms. The molecule has 0 atom stereocenters. The van der Waals surface area contributed by atoms with Crippen molar-refractivity contribution >= 4 is 11.8 Å². The first-order valence-electron chi connectivity index (χ1n) is 6.46. The minimum absolute atomic E-state index is 0.796. The van der Waals surface area contributed by atoms with Crippen LogP contribution in [0.5, 0.6) is 0 Å². The summed E-state index contributed by atoms with van der Waals surface area (Å²) in [6, 6.07) is 6.50. The average Bonchev–Trinajstić information content (AvgIpc) is 2.41. The van der Waals surface area contributed by atoms with Gasteiger partial charge < -0.3 is 5.32 Å². The topological polar surface area (TPSA) is 37.8 Å². The molecule has 0 aliphatic rings. The highest BCUT2D eigenvalue weighted by Gasteiger charge is 2.03. The van der Waals surface area contributed by atoms with Gasteiger partial charge in [0.05, 0.1) is 0 Å². The van der Waals surface area contributed by atoms with Gasteiger partial charge >= 0.3 is 0 Å². The van der Waals surface area contributed by atoms with Crippen LogP contribution < -0.4 is 5.32 Å². The van der Waals surface area contributed by atoms with Gasteiger partial charge in [0.1, 0.15) is 0 Å². The zero-order valence-electron chi connectivity index (χ0n) is 11.6. The molecule has 1 aromatic heterocycles. The Morgan fingerprint density at radius 1 is 1.16 bits per heavy atom. The summed E-state index contributed by atoms with van der Waals surface area (Å²) >= 11 is 1.60. The highest BCUT2D eigenvalue weighted by Crippen LogP contribution is 2.26. The lowest BCUT2D eigenvalue weighted by Gasteiger charge is -2.08. The minimum Gasteiger partial charge on any atom is -0.313 e. The molecule has 2 aromatic rings. The Kier molecular flexibility index (Phi) is 4.93. The first-order valence-corrected chi connectivity index (χ1v) is 7.27. The highest BCUT2D eigenvalue weighted by atomic mass is 32.2. The van der Waals surface area contributed by atoms with Gasteiger partial charge in [-0.2, -0.15) is 0 Å². The lowest BCUT2D eigenvalue weighted by Crippen LogP contribution is -2.12. The lowest BCUT2D eigenvalue weighted by atomic mass is 10.1. The fraction of sp³-hybridized carbons (Fsp3) is 0.333. The van der Waals surface area contributed by atoms with Crippen molar-refractivity contribution in [3.63, 3.8) is 0 Å². The van der Waals surface area contributed by atoms with Crippen molar-refractivity contribution in [2.75, 3.05) is 6.54 Å². The number of benzene rings is 1. The third kappa shape index (κ3) is 4.04. The highest BCUT2D eigenvalue weighted by molar-refractivity contribution is 7.99. The Morgan fingerprint density at radius 2 is 1.89 bits per heavy atom. The standard InChI is InChI=1S/C15H19N3S/c1-4-16-10-13-5-6-14(7-12(13)3)19-15-17-8-11(2)9-18-15/h5-9,16H,4,10H2,1-3H3. The predicted molar refractivity (Wildman–Crippen MR) is 79.5 cm³/mol. The van der Waals surface area contributed by atoms with E-state index in [9.17, 15) is 0 Å². The average molecular weight is 273 g/mol. The van der Waals surface area contributed by atoms with Crippen molar-refractivity contribution in [2.24, 2.45) is 0 Å². The fourth-order valence-corrected chi connectivity index (χ4v) is 2.52. The van der Waals surface area contributed by atoms with Gasteiger partial charge in [0.15, 0.2) is 5.16 Å². The van der Waals surface area contributed by atoms with Crippen LogP contribution in [0.2, 0.25) is 0 Å². The molecular formula is C15H19N3S. The van der Waals surface area contributed by atoms with Crippen LogP contribution in [0.1, 0.15) is 23.6 Å². The van der Waals surface area contributed by atoms with Gasteiger partial charge in [-0.15, -0.1) is 0 Å². The summed E-state index contributed by atoms with van der Waals surface area (Å²) in [5.41, 5.74) is 3.73. The van der Waals surface area contributed by atoms with Crippen LogP contribution in [0.15, 0.2) is 40.6 Å². The summed E-state index contributed by atoms with van der Waals surface area (Å²) in [5.74, 6) is 0. The molecule has 0 saturated carbocycles. The van der Waals surface area contributed by atoms with Gasteiger partial charge in [-0.3, -0.25) is 0 Å². The first kappa shape index (κ1) is 14.0. The molecule has 1 N–H and O–H groups in total. The molecule has 2 rings (SSSR count). The second-order valence-electron chi connectivity index (χ2n) is 4.51. The molecule has 19 heavy (non-hydrogen) atoms. The summed E-state index contributed by atoms with van der Waals surface area (Å²) in [6.07, 6.45) is 3.70. The van der Waals surface area contributed by atoms with Crippen LogP contribution in [-0.4, -0.2) is 16.5 Å². The van der Waals surface area contributed by atoms with E-state index in [0.717, 1.165) is 23.8 Å². The van der Waals surface area contributed by atoms with Crippen molar-refractivity contribution in [3.05, 3.63) is 47.3 Å². The quantitative estimate of drug-likeness (QED) is 0.848. The van der Waals surface area contributed by atoms with E-state index in [0.29, 0.717) is 0 Å². The van der Waals surface area contributed by atoms with Crippen LogP contribution in [0, 0.1) is 13.8 Å². The minimum atomic E-state index is 0.796. The predicted octanol–water partition coefficient (Wildman–Crippen LogP) is 3.35. The van der Waals surface area contributed by atoms with Gasteiger partial charge in [-0.25, -0.2) is 9.97 Å². The van der Waals surface area contributed by atoms with Crippen LogP contribution in [0.3, 0.4) is 0 Å². The van der Waals surface area contributed by atoms with Crippen molar-refractivity contribution in [1.82, 2.24) is 15.3 Å². The van der Waals surface area contributed by atoms with Gasteiger partial charge in [0, 0.05) is 23.8 Å². The number of aryl methyl sites for hydroxylation is 2. The Bertz CT molecular complexity index is 538. The molecule has 0 saturated heterocycles. The molecule has 0 unspecified atom stereocenters. The maximum absolute atomic E-state index is 4.31. The Labute approximate surface area is 118 Å². The number of nitrogens with one attached hydrogen (secondary N) is 1. The van der Waals surface area contributed by atoms with E-state index in [1.807, 2.05) is 19.3 Å². The molecule has 4 heteroatoms. The molecule has 1 heterocycles. The van der Waals surface area contributed by atoms with Crippen molar-refractivity contribution in [1.29, 1.82) is 0 Å².